The van der Waals surface area contributed by atoms with Crippen LogP contribution in [0.2, 0.25) is 0 Å². The number of benzene rings is 2. The summed E-state index contributed by atoms with van der Waals surface area (Å²) in [5.41, 5.74) is 1.07. The van der Waals surface area contributed by atoms with Crippen LogP contribution in [0.5, 0.6) is 11.5 Å². The summed E-state index contributed by atoms with van der Waals surface area (Å²) in [6, 6.07) is 14.3. The molecule has 0 saturated heterocycles. The van der Waals surface area contributed by atoms with E-state index in [-0.39, 0.29) is 12.5 Å². The van der Waals surface area contributed by atoms with E-state index in [1.165, 1.54) is 9.47 Å². The van der Waals surface area contributed by atoms with E-state index in [1.807, 2.05) is 12.1 Å². The lowest BCUT2D eigenvalue weighted by atomic mass is 10.3. The van der Waals surface area contributed by atoms with Crippen molar-refractivity contribution in [1.29, 1.82) is 0 Å². The van der Waals surface area contributed by atoms with Crippen LogP contribution in [-0.2, 0) is 11.3 Å². The van der Waals surface area contributed by atoms with Gasteiger partial charge < -0.3 is 18.8 Å². The average molecular weight is 356 g/mol. The van der Waals surface area contributed by atoms with Gasteiger partial charge in [-0.15, -0.1) is 0 Å². The molecule has 1 heterocycles. The van der Waals surface area contributed by atoms with Gasteiger partial charge in [-0.1, -0.05) is 24.3 Å². The number of rotatable bonds is 7. The van der Waals surface area contributed by atoms with E-state index in [2.05, 4.69) is 0 Å². The number of nitrogens with zero attached hydrogens (tertiary/aromatic N) is 2. The summed E-state index contributed by atoms with van der Waals surface area (Å²) >= 11 is 0. The molecule has 0 aliphatic rings. The second-order valence-electron chi connectivity index (χ2n) is 5.74. The standard InChI is InChI=1S/C19H20N2O5/c1-20(11-12-25-17-10-6-5-9-16(17)24-2)18(22)13-21-14-7-3-4-8-15(14)26-19(21)23/h3-10H,11-13H2,1-2H3. The van der Waals surface area contributed by atoms with Gasteiger partial charge in [0.1, 0.15) is 13.2 Å². The van der Waals surface area contributed by atoms with Crippen LogP contribution in [0, 0.1) is 0 Å². The molecule has 3 rings (SSSR count). The number of fused-ring (bicyclic) bond motifs is 1. The Labute approximate surface area is 150 Å². The maximum absolute atomic E-state index is 12.4. The van der Waals surface area contributed by atoms with Crippen molar-refractivity contribution in [2.24, 2.45) is 0 Å². The first-order chi connectivity index (χ1) is 12.6. The van der Waals surface area contributed by atoms with E-state index < -0.39 is 5.76 Å². The van der Waals surface area contributed by atoms with Crippen molar-refractivity contribution in [2.75, 3.05) is 27.3 Å². The summed E-state index contributed by atoms with van der Waals surface area (Å²) in [6.45, 7) is 0.603. The van der Waals surface area contributed by atoms with Crippen molar-refractivity contribution in [3.63, 3.8) is 0 Å². The predicted molar refractivity (Wildman–Crippen MR) is 96.6 cm³/mol. The number of carbonyl (C=O) groups is 1. The molecule has 3 aromatic rings. The Morgan fingerprint density at radius 3 is 2.58 bits per heavy atom. The highest BCUT2D eigenvalue weighted by Gasteiger charge is 2.15. The van der Waals surface area contributed by atoms with E-state index in [9.17, 15) is 9.59 Å². The van der Waals surface area contributed by atoms with Crippen LogP contribution in [0.4, 0.5) is 0 Å². The third kappa shape index (κ3) is 3.72. The van der Waals surface area contributed by atoms with Crippen molar-refractivity contribution in [1.82, 2.24) is 9.47 Å². The molecule has 1 aromatic heterocycles. The first kappa shape index (κ1) is 17.6. The zero-order valence-corrected chi connectivity index (χ0v) is 14.7. The summed E-state index contributed by atoms with van der Waals surface area (Å²) in [7, 11) is 3.24. The van der Waals surface area contributed by atoms with Gasteiger partial charge >= 0.3 is 5.76 Å². The minimum Gasteiger partial charge on any atom is -0.493 e. The van der Waals surface area contributed by atoms with Gasteiger partial charge in [0.25, 0.3) is 0 Å². The molecule has 7 heteroatoms. The van der Waals surface area contributed by atoms with Crippen molar-refractivity contribution in [2.45, 2.75) is 6.54 Å². The van der Waals surface area contributed by atoms with Gasteiger partial charge in [-0.2, -0.15) is 0 Å². The van der Waals surface area contributed by atoms with Crippen LogP contribution in [0.3, 0.4) is 0 Å². The molecule has 0 radical (unpaired) electrons. The summed E-state index contributed by atoms with van der Waals surface area (Å²) in [4.78, 5) is 25.9. The lowest BCUT2D eigenvalue weighted by molar-refractivity contribution is -0.130. The molecule has 2 aromatic carbocycles. The minimum absolute atomic E-state index is 0.0823. The number of aromatic nitrogens is 1. The Hall–Kier alpha value is -3.22. The molecule has 0 bridgehead atoms. The number of carbonyl (C=O) groups excluding carboxylic acids is 1. The molecule has 7 nitrogen and oxygen atoms in total. The Morgan fingerprint density at radius 2 is 1.81 bits per heavy atom. The quantitative estimate of drug-likeness (QED) is 0.648. The van der Waals surface area contributed by atoms with Gasteiger partial charge in [0.05, 0.1) is 19.2 Å². The fourth-order valence-electron chi connectivity index (χ4n) is 2.57. The molecule has 0 unspecified atom stereocenters. The molecule has 0 aliphatic heterocycles. The third-order valence-electron chi connectivity index (χ3n) is 4.05. The smallest absolute Gasteiger partial charge is 0.420 e. The zero-order chi connectivity index (χ0) is 18.5. The molecule has 0 fully saturated rings. The van der Waals surface area contributed by atoms with E-state index in [4.69, 9.17) is 13.9 Å². The van der Waals surface area contributed by atoms with Gasteiger partial charge in [0.15, 0.2) is 17.1 Å². The first-order valence-electron chi connectivity index (χ1n) is 8.18. The van der Waals surface area contributed by atoms with Crippen LogP contribution >= 0.6 is 0 Å². The Bertz CT molecular complexity index is 960. The second-order valence-corrected chi connectivity index (χ2v) is 5.74. The van der Waals surface area contributed by atoms with Crippen LogP contribution in [0.1, 0.15) is 0 Å². The molecule has 0 aliphatic carbocycles. The number of ether oxygens (including phenoxy) is 2. The topological polar surface area (TPSA) is 73.9 Å². The fourth-order valence-corrected chi connectivity index (χ4v) is 2.57. The van der Waals surface area contributed by atoms with Crippen molar-refractivity contribution in [3.05, 3.63) is 59.1 Å². The number of oxazole rings is 1. The van der Waals surface area contributed by atoms with Crippen molar-refractivity contribution >= 4 is 17.0 Å². The molecule has 0 saturated carbocycles. The Balaban J connectivity index is 1.59. The number of methoxy groups -OCH3 is 1. The Kier molecular flexibility index (Phi) is 5.26. The van der Waals surface area contributed by atoms with Crippen LogP contribution in [-0.4, -0.2) is 42.7 Å². The Morgan fingerprint density at radius 1 is 1.12 bits per heavy atom. The number of hydrogen-bond donors (Lipinski definition) is 0. The average Bonchev–Trinajstić information content (AvgIpc) is 2.97. The second kappa shape index (κ2) is 7.77. The van der Waals surface area contributed by atoms with E-state index in [0.717, 1.165) is 0 Å². The van der Waals surface area contributed by atoms with Gasteiger partial charge in [0.2, 0.25) is 5.91 Å². The zero-order valence-electron chi connectivity index (χ0n) is 14.7. The molecule has 0 atom stereocenters. The highest BCUT2D eigenvalue weighted by molar-refractivity contribution is 5.79. The summed E-state index contributed by atoms with van der Waals surface area (Å²) in [5, 5.41) is 0. The molecule has 26 heavy (non-hydrogen) atoms. The maximum atomic E-state index is 12.4. The highest BCUT2D eigenvalue weighted by Crippen LogP contribution is 2.25. The highest BCUT2D eigenvalue weighted by atomic mass is 16.5. The van der Waals surface area contributed by atoms with E-state index in [0.29, 0.717) is 35.8 Å². The molecular formula is C19H20N2O5. The van der Waals surface area contributed by atoms with Crippen molar-refractivity contribution < 1.29 is 18.7 Å². The number of para-hydroxylation sites is 4. The third-order valence-corrected chi connectivity index (χ3v) is 4.05. The fraction of sp³-hybridized carbons (Fsp3) is 0.263. The van der Waals surface area contributed by atoms with Crippen LogP contribution in [0.15, 0.2) is 57.7 Å². The molecule has 136 valence electrons. The lowest BCUT2D eigenvalue weighted by Crippen LogP contribution is -2.35. The largest absolute Gasteiger partial charge is 0.493 e. The van der Waals surface area contributed by atoms with Gasteiger partial charge in [0, 0.05) is 7.05 Å². The first-order valence-corrected chi connectivity index (χ1v) is 8.18. The molecule has 0 spiro atoms. The summed E-state index contributed by atoms with van der Waals surface area (Å²) in [5.74, 6) is 0.506. The van der Waals surface area contributed by atoms with E-state index in [1.54, 1.807) is 50.6 Å². The normalized spacial score (nSPS) is 10.7. The molecular weight excluding hydrogens is 336 g/mol. The van der Waals surface area contributed by atoms with E-state index >= 15 is 0 Å². The number of likely N-dealkylation sites (N-methyl/N-ethyl adjacent to an activating group) is 1. The van der Waals surface area contributed by atoms with Crippen LogP contribution < -0.4 is 15.2 Å². The lowest BCUT2D eigenvalue weighted by Gasteiger charge is -2.18. The maximum Gasteiger partial charge on any atom is 0.420 e. The number of hydrogen-bond acceptors (Lipinski definition) is 5. The number of amides is 1. The minimum atomic E-state index is -0.543. The molecule has 0 N–H and O–H groups in total. The van der Waals surface area contributed by atoms with Gasteiger partial charge in [-0.05, 0) is 24.3 Å². The monoisotopic (exact) mass is 356 g/mol. The predicted octanol–water partition coefficient (Wildman–Crippen LogP) is 2.14. The van der Waals surface area contributed by atoms with Gasteiger partial charge in [-0.3, -0.25) is 9.36 Å². The molecule has 1 amide bonds. The SMILES string of the molecule is COc1ccccc1OCCN(C)C(=O)Cn1c(=O)oc2ccccc21. The van der Waals surface area contributed by atoms with Crippen molar-refractivity contribution in [3.8, 4) is 11.5 Å². The van der Waals surface area contributed by atoms with Gasteiger partial charge in [-0.25, -0.2) is 4.79 Å². The summed E-state index contributed by atoms with van der Waals surface area (Å²) < 4.78 is 17.4. The summed E-state index contributed by atoms with van der Waals surface area (Å²) in [6.07, 6.45) is 0. The van der Waals surface area contributed by atoms with Crippen LogP contribution in [0.25, 0.3) is 11.1 Å².